The van der Waals surface area contributed by atoms with Crippen molar-refractivity contribution in [3.8, 4) is 0 Å². The van der Waals surface area contributed by atoms with E-state index < -0.39 is 0 Å². The molecule has 0 saturated carbocycles. The lowest BCUT2D eigenvalue weighted by atomic mass is 10.0. The maximum absolute atomic E-state index is 7.75. The molecule has 1 unspecified atom stereocenters. The smallest absolute Gasteiger partial charge is 0.0935 e. The van der Waals surface area contributed by atoms with Gasteiger partial charge in [0.1, 0.15) is 0 Å². The van der Waals surface area contributed by atoms with Gasteiger partial charge in [0.05, 0.1) is 11.4 Å². The van der Waals surface area contributed by atoms with Crippen LogP contribution in [0.25, 0.3) is 0 Å². The van der Waals surface area contributed by atoms with Crippen molar-refractivity contribution in [2.24, 2.45) is 5.92 Å². The van der Waals surface area contributed by atoms with Crippen molar-refractivity contribution >= 4 is 21.6 Å². The van der Waals surface area contributed by atoms with E-state index in [2.05, 4.69) is 27.8 Å². The lowest BCUT2D eigenvalue weighted by molar-refractivity contribution is 0.184. The van der Waals surface area contributed by atoms with Gasteiger partial charge in [-0.25, -0.2) is 0 Å². The second-order valence-corrected chi connectivity index (χ2v) is 6.05. The molecule has 0 aromatic carbocycles. The van der Waals surface area contributed by atoms with Gasteiger partial charge < -0.3 is 4.74 Å². The Kier molecular flexibility index (Phi) is 8.47. The summed E-state index contributed by atoms with van der Waals surface area (Å²) in [6.07, 6.45) is 5.81. The van der Waals surface area contributed by atoms with Gasteiger partial charge >= 0.3 is 0 Å². The first-order valence-corrected chi connectivity index (χ1v) is 8.30. The molecule has 21 heavy (non-hydrogen) atoms. The van der Waals surface area contributed by atoms with Crippen molar-refractivity contribution < 1.29 is 4.74 Å². The molecule has 2 heterocycles. The molecule has 4 heteroatoms. The highest BCUT2D eigenvalue weighted by Gasteiger charge is 2.13. The van der Waals surface area contributed by atoms with Crippen LogP contribution >= 0.6 is 15.9 Å². The molecule has 1 atom stereocenters. The number of nitrogens with one attached hydrogen (secondary N) is 1. The van der Waals surface area contributed by atoms with E-state index >= 15 is 0 Å². The Morgan fingerprint density at radius 3 is 2.81 bits per heavy atom. The van der Waals surface area contributed by atoms with Crippen LogP contribution in [0.3, 0.4) is 0 Å². The maximum atomic E-state index is 7.75. The van der Waals surface area contributed by atoms with Gasteiger partial charge in [-0.1, -0.05) is 25.5 Å². The van der Waals surface area contributed by atoms with Crippen LogP contribution in [0.1, 0.15) is 44.5 Å². The average Bonchev–Trinajstić information content (AvgIpc) is 3.00. The predicted octanol–water partition coefficient (Wildman–Crippen LogP) is 4.88. The minimum absolute atomic E-state index is 0.422. The molecular formula is C17H25BrN2O. The number of ether oxygens (including phenoxy) is 1. The van der Waals surface area contributed by atoms with Crippen molar-refractivity contribution in [2.45, 2.75) is 40.0 Å². The van der Waals surface area contributed by atoms with E-state index in [0.717, 1.165) is 29.3 Å². The molecule has 1 aromatic heterocycles. The molecule has 0 bridgehead atoms. The van der Waals surface area contributed by atoms with Crippen molar-refractivity contribution in [1.82, 2.24) is 4.98 Å². The summed E-state index contributed by atoms with van der Waals surface area (Å²) >= 11 is 3.30. The second-order valence-electron chi connectivity index (χ2n) is 5.19. The zero-order valence-electron chi connectivity index (χ0n) is 13.2. The number of aryl methyl sites for hydroxylation is 1. The van der Waals surface area contributed by atoms with Gasteiger partial charge in [0.2, 0.25) is 0 Å². The van der Waals surface area contributed by atoms with Gasteiger partial charge in [-0.2, -0.15) is 0 Å². The molecular weight excluding hydrogens is 328 g/mol. The molecule has 1 fully saturated rings. The van der Waals surface area contributed by atoms with Crippen molar-refractivity contribution in [3.63, 3.8) is 0 Å². The number of rotatable bonds is 4. The van der Waals surface area contributed by atoms with Gasteiger partial charge in [0, 0.05) is 23.4 Å². The van der Waals surface area contributed by atoms with Crippen molar-refractivity contribution in [3.05, 3.63) is 40.1 Å². The molecule has 0 spiro atoms. The largest absolute Gasteiger partial charge is 0.381 e. The third-order valence-electron chi connectivity index (χ3n) is 3.36. The van der Waals surface area contributed by atoms with Crippen LogP contribution in [0, 0.1) is 18.3 Å². The van der Waals surface area contributed by atoms with Crippen LogP contribution in [0.15, 0.2) is 28.8 Å². The Bertz CT molecular complexity index is 479. The monoisotopic (exact) mass is 352 g/mol. The molecule has 116 valence electrons. The lowest BCUT2D eigenvalue weighted by Crippen LogP contribution is -2.02. The molecule has 1 aliphatic heterocycles. The second kappa shape index (κ2) is 9.85. The van der Waals surface area contributed by atoms with E-state index in [0.29, 0.717) is 11.4 Å². The molecule has 1 aromatic rings. The van der Waals surface area contributed by atoms with E-state index in [-0.39, 0.29) is 0 Å². The first-order chi connectivity index (χ1) is 10.1. The van der Waals surface area contributed by atoms with Crippen LogP contribution < -0.4 is 0 Å². The number of hydrogen-bond donors (Lipinski definition) is 1. The third kappa shape index (κ3) is 6.53. The van der Waals surface area contributed by atoms with E-state index in [1.807, 2.05) is 38.1 Å². The first kappa shape index (κ1) is 18.1. The molecule has 3 nitrogen and oxygen atoms in total. The molecule has 1 N–H and O–H groups in total. The van der Waals surface area contributed by atoms with E-state index in [4.69, 9.17) is 10.1 Å². The average molecular weight is 353 g/mol. The van der Waals surface area contributed by atoms with Gasteiger partial charge in [-0.15, -0.1) is 0 Å². The van der Waals surface area contributed by atoms with Gasteiger partial charge in [0.15, 0.2) is 0 Å². The Balaban J connectivity index is 0.000000235. The van der Waals surface area contributed by atoms with E-state index in [9.17, 15) is 0 Å². The van der Waals surface area contributed by atoms with Crippen LogP contribution in [0.4, 0.5) is 0 Å². The van der Waals surface area contributed by atoms with Gasteiger partial charge in [-0.3, -0.25) is 10.4 Å². The lowest BCUT2D eigenvalue weighted by Gasteiger charge is -2.02. The van der Waals surface area contributed by atoms with Gasteiger partial charge in [0.25, 0.3) is 0 Å². The molecule has 0 amide bonds. The first-order valence-electron chi connectivity index (χ1n) is 7.51. The summed E-state index contributed by atoms with van der Waals surface area (Å²) in [6, 6.07) is 5.66. The maximum Gasteiger partial charge on any atom is 0.0935 e. The molecule has 0 aliphatic carbocycles. The van der Waals surface area contributed by atoms with Crippen molar-refractivity contribution in [1.29, 1.82) is 5.41 Å². The minimum Gasteiger partial charge on any atom is -0.381 e. The fraction of sp³-hybridized carbons (Fsp3) is 0.529. The van der Waals surface area contributed by atoms with E-state index in [1.54, 1.807) is 0 Å². The highest BCUT2D eigenvalue weighted by molar-refractivity contribution is 9.12. The number of allylic oxidation sites excluding steroid dienone is 2. The fourth-order valence-electron chi connectivity index (χ4n) is 2.17. The molecule has 0 radical (unpaired) electrons. The molecule has 1 saturated heterocycles. The Morgan fingerprint density at radius 2 is 2.29 bits per heavy atom. The Morgan fingerprint density at radius 1 is 1.52 bits per heavy atom. The summed E-state index contributed by atoms with van der Waals surface area (Å²) in [5, 5.41) is 7.75. The normalized spacial score (nSPS) is 18.1. The zero-order chi connectivity index (χ0) is 15.7. The van der Waals surface area contributed by atoms with Crippen molar-refractivity contribution in [2.75, 3.05) is 13.2 Å². The van der Waals surface area contributed by atoms with Crippen LogP contribution in [-0.2, 0) is 4.74 Å². The summed E-state index contributed by atoms with van der Waals surface area (Å²) in [5.74, 6) is 0.889. The zero-order valence-corrected chi connectivity index (χ0v) is 14.7. The quantitative estimate of drug-likeness (QED) is 0.784. The number of pyridine rings is 1. The Hall–Kier alpha value is -1.00. The summed E-state index contributed by atoms with van der Waals surface area (Å²) in [4.78, 5) is 4.25. The number of nitrogens with zero attached hydrogens (tertiary/aromatic N) is 1. The summed E-state index contributed by atoms with van der Waals surface area (Å²) in [7, 11) is 0. The fourth-order valence-corrected chi connectivity index (χ4v) is 2.37. The summed E-state index contributed by atoms with van der Waals surface area (Å²) in [5.41, 5.74) is 2.05. The third-order valence-corrected chi connectivity index (χ3v) is 4.21. The topological polar surface area (TPSA) is 46.0 Å². The summed E-state index contributed by atoms with van der Waals surface area (Å²) < 4.78 is 5.98. The highest BCUT2D eigenvalue weighted by Crippen LogP contribution is 2.17. The summed E-state index contributed by atoms with van der Waals surface area (Å²) in [6.45, 7) is 8.06. The van der Waals surface area contributed by atoms with Crippen LogP contribution in [-0.4, -0.2) is 23.9 Å². The SMILES string of the molecule is C/C=C(/Br)C(=N)c1cccc(C)n1.CCCC1CCOC1. The molecule has 1 aliphatic rings. The standard InChI is InChI=1S/C10H11BrN2.C7H14O/c1-3-8(11)10(12)9-6-4-5-7(2)13-9;1-2-3-7-4-5-8-6-7/h3-6,12H,1-2H3;7H,2-6H2,1H3/b8-3+,12-10?;. The number of halogens is 1. The predicted molar refractivity (Wildman–Crippen MR) is 92.3 cm³/mol. The molecule has 2 rings (SSSR count). The number of aromatic nitrogens is 1. The number of hydrogen-bond acceptors (Lipinski definition) is 3. The van der Waals surface area contributed by atoms with Crippen LogP contribution in [0.5, 0.6) is 0 Å². The van der Waals surface area contributed by atoms with Crippen LogP contribution in [0.2, 0.25) is 0 Å². The van der Waals surface area contributed by atoms with Gasteiger partial charge in [-0.05, 0) is 60.7 Å². The Labute approximate surface area is 136 Å². The highest BCUT2D eigenvalue weighted by atomic mass is 79.9. The van der Waals surface area contributed by atoms with E-state index in [1.165, 1.54) is 19.3 Å². The minimum atomic E-state index is 0.422.